The Bertz CT molecular complexity index is 871. The second-order valence-corrected chi connectivity index (χ2v) is 5.83. The molecule has 0 aliphatic carbocycles. The minimum absolute atomic E-state index is 0.372. The van der Waals surface area contributed by atoms with E-state index in [9.17, 15) is 4.79 Å². The number of rotatable bonds is 4. The highest BCUT2D eigenvalue weighted by Crippen LogP contribution is 2.25. The number of hydrogen-bond acceptors (Lipinski definition) is 3. The number of anilines is 2. The third kappa shape index (κ3) is 4.86. The molecular weight excluding hydrogens is 361 g/mol. The van der Waals surface area contributed by atoms with Crippen molar-refractivity contribution in [1.82, 2.24) is 4.98 Å². The summed E-state index contributed by atoms with van der Waals surface area (Å²) in [6, 6.07) is 15.0. The average Bonchev–Trinajstić information content (AvgIpc) is 2.61. The topological polar surface area (TPSA) is 63.2 Å². The van der Waals surface area contributed by atoms with Crippen LogP contribution in [0, 0.1) is 0 Å². The molecule has 126 valence electrons. The van der Waals surface area contributed by atoms with Crippen LogP contribution in [0.5, 0.6) is 11.5 Å². The first-order valence-corrected chi connectivity index (χ1v) is 8.07. The van der Waals surface area contributed by atoms with Crippen molar-refractivity contribution < 1.29 is 9.53 Å². The number of carbonyl (C=O) groups is 1. The van der Waals surface area contributed by atoms with Crippen LogP contribution in [0.4, 0.5) is 16.2 Å². The molecule has 0 fully saturated rings. The molecule has 0 atom stereocenters. The summed E-state index contributed by atoms with van der Waals surface area (Å²) in [6.07, 6.45) is 3.30. The van der Waals surface area contributed by atoms with Gasteiger partial charge in [0, 0.05) is 23.8 Å². The predicted octanol–water partition coefficient (Wildman–Crippen LogP) is 5.82. The number of benzene rings is 2. The summed E-state index contributed by atoms with van der Waals surface area (Å²) < 4.78 is 5.66. The molecule has 25 heavy (non-hydrogen) atoms. The van der Waals surface area contributed by atoms with Crippen molar-refractivity contribution in [3.63, 3.8) is 0 Å². The Labute approximate surface area is 154 Å². The second kappa shape index (κ2) is 7.88. The minimum atomic E-state index is -0.388. The van der Waals surface area contributed by atoms with Crippen LogP contribution in [0.2, 0.25) is 10.0 Å². The van der Waals surface area contributed by atoms with E-state index in [1.165, 1.54) is 0 Å². The number of nitrogens with one attached hydrogen (secondary N) is 2. The van der Waals surface area contributed by atoms with Crippen molar-refractivity contribution in [1.29, 1.82) is 0 Å². The van der Waals surface area contributed by atoms with Gasteiger partial charge in [-0.2, -0.15) is 0 Å². The number of carbonyl (C=O) groups excluding carboxylic acids is 1. The summed E-state index contributed by atoms with van der Waals surface area (Å²) in [5.74, 6) is 1.34. The van der Waals surface area contributed by atoms with Gasteiger partial charge >= 0.3 is 6.03 Å². The number of pyridine rings is 1. The third-order valence-corrected chi connectivity index (χ3v) is 3.91. The van der Waals surface area contributed by atoms with Crippen molar-refractivity contribution in [2.45, 2.75) is 0 Å². The quantitative estimate of drug-likeness (QED) is 0.604. The van der Waals surface area contributed by atoms with E-state index >= 15 is 0 Å². The maximum absolute atomic E-state index is 12.0. The number of nitrogens with zero attached hydrogens (tertiary/aromatic N) is 1. The van der Waals surface area contributed by atoms with Gasteiger partial charge in [0.15, 0.2) is 0 Å². The van der Waals surface area contributed by atoms with Crippen molar-refractivity contribution in [2.24, 2.45) is 0 Å². The molecule has 0 radical (unpaired) electrons. The fourth-order valence-corrected chi connectivity index (χ4v) is 2.31. The number of ether oxygens (including phenoxy) is 1. The van der Waals surface area contributed by atoms with Crippen LogP contribution in [0.1, 0.15) is 0 Å². The molecule has 0 spiro atoms. The van der Waals surface area contributed by atoms with Crippen LogP contribution in [0.25, 0.3) is 0 Å². The monoisotopic (exact) mass is 373 g/mol. The van der Waals surface area contributed by atoms with Gasteiger partial charge in [-0.1, -0.05) is 23.2 Å². The smallest absolute Gasteiger partial charge is 0.323 e. The summed E-state index contributed by atoms with van der Waals surface area (Å²) >= 11 is 11.8. The van der Waals surface area contributed by atoms with Crippen molar-refractivity contribution in [3.8, 4) is 11.5 Å². The summed E-state index contributed by atoms with van der Waals surface area (Å²) in [4.78, 5) is 15.9. The number of aromatic nitrogens is 1. The summed E-state index contributed by atoms with van der Waals surface area (Å²) in [7, 11) is 0. The second-order valence-electron chi connectivity index (χ2n) is 5.02. The lowest BCUT2D eigenvalue weighted by Gasteiger charge is -2.09. The SMILES string of the molecule is O=C(Nc1ccc(Oc2ccncc2)cc1)Nc1ccc(Cl)c(Cl)c1. The van der Waals surface area contributed by atoms with Crippen LogP contribution in [0.3, 0.4) is 0 Å². The fraction of sp³-hybridized carbons (Fsp3) is 0. The molecule has 0 unspecified atom stereocenters. The van der Waals surface area contributed by atoms with E-state index in [4.69, 9.17) is 27.9 Å². The van der Waals surface area contributed by atoms with Crippen LogP contribution >= 0.6 is 23.2 Å². The molecule has 1 heterocycles. The highest BCUT2D eigenvalue weighted by molar-refractivity contribution is 6.42. The Morgan fingerprint density at radius 1 is 0.800 bits per heavy atom. The van der Waals surface area contributed by atoms with E-state index in [2.05, 4.69) is 15.6 Å². The van der Waals surface area contributed by atoms with Gasteiger partial charge in [-0.25, -0.2) is 4.79 Å². The zero-order valence-electron chi connectivity index (χ0n) is 12.9. The van der Waals surface area contributed by atoms with Crippen molar-refractivity contribution in [3.05, 3.63) is 77.0 Å². The Hall–Kier alpha value is -2.76. The first kappa shape index (κ1) is 17.1. The largest absolute Gasteiger partial charge is 0.457 e. The van der Waals surface area contributed by atoms with Gasteiger partial charge in [-0.3, -0.25) is 4.98 Å². The van der Waals surface area contributed by atoms with E-state index in [1.54, 1.807) is 67.0 Å². The highest BCUT2D eigenvalue weighted by Gasteiger charge is 2.05. The molecule has 0 saturated carbocycles. The van der Waals surface area contributed by atoms with Crippen LogP contribution in [-0.2, 0) is 0 Å². The first-order chi connectivity index (χ1) is 12.1. The van der Waals surface area contributed by atoms with Crippen molar-refractivity contribution in [2.75, 3.05) is 10.6 Å². The summed E-state index contributed by atoms with van der Waals surface area (Å²) in [5.41, 5.74) is 1.17. The molecule has 0 aliphatic rings. The fourth-order valence-electron chi connectivity index (χ4n) is 2.02. The van der Waals surface area contributed by atoms with Gasteiger partial charge < -0.3 is 15.4 Å². The molecule has 0 bridgehead atoms. The Morgan fingerprint density at radius 3 is 2.08 bits per heavy atom. The van der Waals surface area contributed by atoms with E-state index < -0.39 is 0 Å². The maximum atomic E-state index is 12.0. The van der Waals surface area contributed by atoms with Gasteiger partial charge in [0.05, 0.1) is 10.0 Å². The van der Waals surface area contributed by atoms with E-state index in [1.807, 2.05) is 0 Å². The Kier molecular flexibility index (Phi) is 5.38. The number of amides is 2. The molecular formula is C18H13Cl2N3O2. The van der Waals surface area contributed by atoms with Gasteiger partial charge in [0.2, 0.25) is 0 Å². The van der Waals surface area contributed by atoms with E-state index in [-0.39, 0.29) is 6.03 Å². The number of halogens is 2. The number of hydrogen-bond donors (Lipinski definition) is 2. The molecule has 2 amide bonds. The lowest BCUT2D eigenvalue weighted by molar-refractivity contribution is 0.262. The first-order valence-electron chi connectivity index (χ1n) is 7.31. The Morgan fingerprint density at radius 2 is 1.40 bits per heavy atom. The van der Waals surface area contributed by atoms with Crippen LogP contribution in [0.15, 0.2) is 67.0 Å². The third-order valence-electron chi connectivity index (χ3n) is 3.18. The lowest BCUT2D eigenvalue weighted by Crippen LogP contribution is -2.19. The van der Waals surface area contributed by atoms with Gasteiger partial charge in [-0.15, -0.1) is 0 Å². The van der Waals surface area contributed by atoms with Crippen LogP contribution < -0.4 is 15.4 Å². The minimum Gasteiger partial charge on any atom is -0.457 e. The molecule has 0 aliphatic heterocycles. The normalized spacial score (nSPS) is 10.2. The van der Waals surface area contributed by atoms with Gasteiger partial charge in [0.25, 0.3) is 0 Å². The molecule has 5 nitrogen and oxygen atoms in total. The molecule has 7 heteroatoms. The lowest BCUT2D eigenvalue weighted by atomic mass is 10.3. The van der Waals surface area contributed by atoms with Gasteiger partial charge in [0.1, 0.15) is 11.5 Å². The molecule has 3 aromatic rings. The summed E-state index contributed by atoms with van der Waals surface area (Å²) in [5, 5.41) is 6.21. The highest BCUT2D eigenvalue weighted by atomic mass is 35.5. The maximum Gasteiger partial charge on any atom is 0.323 e. The molecule has 1 aromatic heterocycles. The Balaban J connectivity index is 1.59. The number of urea groups is 1. The molecule has 2 aromatic carbocycles. The molecule has 0 saturated heterocycles. The van der Waals surface area contributed by atoms with Gasteiger partial charge in [-0.05, 0) is 54.6 Å². The average molecular weight is 374 g/mol. The zero-order chi connectivity index (χ0) is 17.6. The summed E-state index contributed by atoms with van der Waals surface area (Å²) in [6.45, 7) is 0. The van der Waals surface area contributed by atoms with Crippen LogP contribution in [-0.4, -0.2) is 11.0 Å². The van der Waals surface area contributed by atoms with E-state index in [0.29, 0.717) is 32.9 Å². The zero-order valence-corrected chi connectivity index (χ0v) is 14.4. The predicted molar refractivity (Wildman–Crippen MR) is 99.9 cm³/mol. The molecule has 2 N–H and O–H groups in total. The standard InChI is InChI=1S/C18H13Cl2N3O2/c19-16-6-3-13(11-17(16)20)23-18(24)22-12-1-4-14(5-2-12)25-15-7-9-21-10-8-15/h1-11H,(H2,22,23,24). The van der Waals surface area contributed by atoms with E-state index in [0.717, 1.165) is 0 Å². The van der Waals surface area contributed by atoms with Crippen molar-refractivity contribution >= 4 is 40.6 Å². The molecule has 3 rings (SSSR count).